The van der Waals surface area contributed by atoms with E-state index in [0.29, 0.717) is 6.54 Å². The fourth-order valence-electron chi connectivity index (χ4n) is 2.08. The fraction of sp³-hybridized carbons (Fsp3) is 0.250. The minimum absolute atomic E-state index is 0.345. The first kappa shape index (κ1) is 18.5. The average Bonchev–Trinajstić information content (AvgIpc) is 2.52. The van der Waals surface area contributed by atoms with Gasteiger partial charge in [0.1, 0.15) is 5.60 Å². The second kappa shape index (κ2) is 8.33. The number of hydrogen-bond acceptors (Lipinski definition) is 2. The Morgan fingerprint density at radius 3 is 2.12 bits per heavy atom. The van der Waals surface area contributed by atoms with Crippen LogP contribution in [0.1, 0.15) is 31.9 Å². The molecule has 3 nitrogen and oxygen atoms in total. The molecule has 0 bridgehead atoms. The van der Waals surface area contributed by atoms with Crippen LogP contribution in [0.25, 0.3) is 6.08 Å². The molecule has 0 aliphatic heterocycles. The number of carbonyl (C=O) groups is 1. The third kappa shape index (κ3) is 6.00. The fourth-order valence-corrected chi connectivity index (χ4v) is 2.80. The summed E-state index contributed by atoms with van der Waals surface area (Å²) in [5, 5.41) is 0. The van der Waals surface area contributed by atoms with Crippen LogP contribution >= 0.6 is 22.6 Å². The Balaban J connectivity index is 2.27. The summed E-state index contributed by atoms with van der Waals surface area (Å²) >= 11 is 2.19. The number of amides is 1. The Morgan fingerprint density at radius 1 is 1.04 bits per heavy atom. The summed E-state index contributed by atoms with van der Waals surface area (Å²) in [5.41, 5.74) is 1.57. The molecule has 2 aromatic rings. The van der Waals surface area contributed by atoms with E-state index in [-0.39, 0.29) is 6.09 Å². The Morgan fingerprint density at radius 2 is 1.58 bits per heavy atom. The molecule has 1 amide bonds. The largest absolute Gasteiger partial charge is 0.443 e. The first-order valence-corrected chi connectivity index (χ1v) is 8.90. The number of benzene rings is 2. The molecular weight excluding hydrogens is 413 g/mol. The van der Waals surface area contributed by atoms with E-state index in [1.54, 1.807) is 4.90 Å². The van der Waals surface area contributed by atoms with Gasteiger partial charge in [-0.3, -0.25) is 4.90 Å². The van der Waals surface area contributed by atoms with Crippen molar-refractivity contribution >= 4 is 34.8 Å². The summed E-state index contributed by atoms with van der Waals surface area (Å²) in [6.07, 6.45) is 1.64. The number of halogens is 1. The number of rotatable bonds is 4. The molecule has 126 valence electrons. The third-order valence-electron chi connectivity index (χ3n) is 3.14. The average molecular weight is 435 g/mol. The first-order chi connectivity index (χ1) is 11.3. The van der Waals surface area contributed by atoms with E-state index in [0.717, 1.165) is 14.8 Å². The predicted octanol–water partition coefficient (Wildman–Crippen LogP) is 5.86. The van der Waals surface area contributed by atoms with Crippen LogP contribution < -0.4 is 0 Å². The van der Waals surface area contributed by atoms with Gasteiger partial charge in [0.25, 0.3) is 0 Å². The SMILES string of the molecule is CC(C)(C)OC(=O)N(Cc1ccccc1)/C(I)=C\c1ccccc1. The molecule has 0 heterocycles. The number of ether oxygens (including phenoxy) is 1. The molecular formula is C20H22INO2. The zero-order valence-corrected chi connectivity index (χ0v) is 16.4. The molecule has 0 radical (unpaired) electrons. The molecule has 0 unspecified atom stereocenters. The van der Waals surface area contributed by atoms with Gasteiger partial charge in [-0.25, -0.2) is 4.79 Å². The van der Waals surface area contributed by atoms with Crippen LogP contribution in [0.4, 0.5) is 4.79 Å². The molecule has 0 aromatic heterocycles. The summed E-state index contributed by atoms with van der Waals surface area (Å²) < 4.78 is 6.39. The molecule has 0 saturated heterocycles. The van der Waals surface area contributed by atoms with E-state index in [1.807, 2.05) is 87.5 Å². The molecule has 0 aliphatic carbocycles. The summed E-state index contributed by atoms with van der Waals surface area (Å²) in [6, 6.07) is 19.9. The molecule has 0 fully saturated rings. The van der Waals surface area contributed by atoms with Gasteiger partial charge in [-0.05, 0) is 60.6 Å². The molecule has 24 heavy (non-hydrogen) atoms. The van der Waals surface area contributed by atoms with Crippen molar-refractivity contribution in [2.75, 3.05) is 0 Å². The molecule has 4 heteroatoms. The van der Waals surface area contributed by atoms with Crippen molar-refractivity contribution in [1.29, 1.82) is 0 Å². The van der Waals surface area contributed by atoms with Gasteiger partial charge in [0.15, 0.2) is 0 Å². The number of hydrogen-bond donors (Lipinski definition) is 0. The lowest BCUT2D eigenvalue weighted by molar-refractivity contribution is 0.0321. The Bertz CT molecular complexity index is 691. The molecule has 2 aromatic carbocycles. The lowest BCUT2D eigenvalue weighted by atomic mass is 10.2. The summed E-state index contributed by atoms with van der Waals surface area (Å²) in [6.45, 7) is 6.09. The lowest BCUT2D eigenvalue weighted by Crippen LogP contribution is -2.34. The van der Waals surface area contributed by atoms with E-state index in [2.05, 4.69) is 22.6 Å². The van der Waals surface area contributed by atoms with Crippen molar-refractivity contribution in [3.05, 3.63) is 75.5 Å². The maximum atomic E-state index is 12.7. The van der Waals surface area contributed by atoms with Gasteiger partial charge in [-0.2, -0.15) is 0 Å². The van der Waals surface area contributed by atoms with Crippen LogP contribution in [-0.2, 0) is 11.3 Å². The Labute approximate surface area is 157 Å². The third-order valence-corrected chi connectivity index (χ3v) is 4.03. The lowest BCUT2D eigenvalue weighted by Gasteiger charge is -2.27. The second-order valence-electron chi connectivity index (χ2n) is 6.43. The van der Waals surface area contributed by atoms with E-state index in [9.17, 15) is 4.79 Å². The highest BCUT2D eigenvalue weighted by molar-refractivity contribution is 14.1. The van der Waals surface area contributed by atoms with Gasteiger partial charge < -0.3 is 4.74 Å². The van der Waals surface area contributed by atoms with Crippen LogP contribution in [0.3, 0.4) is 0 Å². The normalized spacial score (nSPS) is 11.9. The quantitative estimate of drug-likeness (QED) is 0.445. The zero-order valence-electron chi connectivity index (χ0n) is 14.2. The zero-order chi connectivity index (χ0) is 17.6. The molecule has 0 saturated carbocycles. The molecule has 0 atom stereocenters. The highest BCUT2D eigenvalue weighted by Gasteiger charge is 2.24. The maximum Gasteiger partial charge on any atom is 0.415 e. The Hall–Kier alpha value is -1.82. The maximum absolute atomic E-state index is 12.7. The van der Waals surface area contributed by atoms with Gasteiger partial charge in [0.2, 0.25) is 0 Å². The van der Waals surface area contributed by atoms with E-state index >= 15 is 0 Å². The van der Waals surface area contributed by atoms with Gasteiger partial charge >= 0.3 is 6.09 Å². The highest BCUT2D eigenvalue weighted by atomic mass is 127. The van der Waals surface area contributed by atoms with Crippen LogP contribution in [0.5, 0.6) is 0 Å². The monoisotopic (exact) mass is 435 g/mol. The number of carbonyl (C=O) groups excluding carboxylic acids is 1. The van der Waals surface area contributed by atoms with E-state index in [1.165, 1.54) is 0 Å². The van der Waals surface area contributed by atoms with Crippen molar-refractivity contribution in [3.63, 3.8) is 0 Å². The highest BCUT2D eigenvalue weighted by Crippen LogP contribution is 2.23. The van der Waals surface area contributed by atoms with Crippen molar-refractivity contribution in [2.24, 2.45) is 0 Å². The van der Waals surface area contributed by atoms with Crippen LogP contribution in [0, 0.1) is 0 Å². The molecule has 0 aliphatic rings. The van der Waals surface area contributed by atoms with Crippen molar-refractivity contribution in [2.45, 2.75) is 32.9 Å². The van der Waals surface area contributed by atoms with Gasteiger partial charge in [0, 0.05) is 0 Å². The standard InChI is InChI=1S/C20H22INO2/c1-20(2,3)24-19(23)22(15-17-12-8-5-9-13-17)18(21)14-16-10-6-4-7-11-16/h4-14H,15H2,1-3H3/b18-14-. The summed E-state index contributed by atoms with van der Waals surface area (Å²) in [7, 11) is 0. The Kier molecular flexibility index (Phi) is 6.43. The second-order valence-corrected chi connectivity index (χ2v) is 7.54. The topological polar surface area (TPSA) is 29.5 Å². The van der Waals surface area contributed by atoms with Crippen LogP contribution in [0.15, 0.2) is 64.4 Å². The minimum Gasteiger partial charge on any atom is -0.443 e. The molecule has 0 N–H and O–H groups in total. The van der Waals surface area contributed by atoms with Gasteiger partial charge in [-0.15, -0.1) is 0 Å². The van der Waals surface area contributed by atoms with Gasteiger partial charge in [-0.1, -0.05) is 60.7 Å². The summed E-state index contributed by atoms with van der Waals surface area (Å²) in [4.78, 5) is 14.3. The van der Waals surface area contributed by atoms with Crippen LogP contribution in [-0.4, -0.2) is 16.6 Å². The minimum atomic E-state index is -0.532. The van der Waals surface area contributed by atoms with Crippen LogP contribution in [0.2, 0.25) is 0 Å². The molecule has 2 rings (SSSR count). The van der Waals surface area contributed by atoms with Gasteiger partial charge in [0.05, 0.1) is 10.2 Å². The predicted molar refractivity (Wildman–Crippen MR) is 107 cm³/mol. The molecule has 0 spiro atoms. The first-order valence-electron chi connectivity index (χ1n) is 7.82. The number of nitrogens with zero attached hydrogens (tertiary/aromatic N) is 1. The van der Waals surface area contributed by atoms with E-state index in [4.69, 9.17) is 4.74 Å². The van der Waals surface area contributed by atoms with E-state index < -0.39 is 5.60 Å². The smallest absolute Gasteiger partial charge is 0.415 e. The van der Waals surface area contributed by atoms with Crippen molar-refractivity contribution in [3.8, 4) is 0 Å². The summed E-state index contributed by atoms with van der Waals surface area (Å²) in [5.74, 6) is 0. The van der Waals surface area contributed by atoms with Crippen molar-refractivity contribution < 1.29 is 9.53 Å². The van der Waals surface area contributed by atoms with Crippen molar-refractivity contribution in [1.82, 2.24) is 4.90 Å².